The van der Waals surface area contributed by atoms with Crippen molar-refractivity contribution in [1.82, 2.24) is 9.66 Å². The van der Waals surface area contributed by atoms with Crippen molar-refractivity contribution in [1.29, 1.82) is 0 Å². The molecule has 0 aliphatic carbocycles. The predicted molar refractivity (Wildman–Crippen MR) is 108 cm³/mol. The van der Waals surface area contributed by atoms with Crippen molar-refractivity contribution in [2.45, 2.75) is 13.5 Å². The number of ether oxygens (including phenoxy) is 2. The van der Waals surface area contributed by atoms with Crippen LogP contribution in [0, 0.1) is 6.92 Å². The molecule has 0 aliphatic rings. The van der Waals surface area contributed by atoms with Gasteiger partial charge in [-0.15, -0.1) is 0 Å². The molecule has 1 heterocycles. The van der Waals surface area contributed by atoms with Crippen LogP contribution in [0.3, 0.4) is 0 Å². The smallest absolute Gasteiger partial charge is 0.221 e. The van der Waals surface area contributed by atoms with Gasteiger partial charge in [0.1, 0.15) is 18.1 Å². The molecule has 6 nitrogen and oxygen atoms in total. The quantitative estimate of drug-likeness (QED) is 0.611. The highest BCUT2D eigenvalue weighted by atomic mass is 35.5. The van der Waals surface area contributed by atoms with E-state index in [9.17, 15) is 0 Å². The van der Waals surface area contributed by atoms with Crippen LogP contribution in [0.4, 0.5) is 5.95 Å². The summed E-state index contributed by atoms with van der Waals surface area (Å²) in [6.07, 6.45) is 3.44. The van der Waals surface area contributed by atoms with E-state index >= 15 is 0 Å². The summed E-state index contributed by atoms with van der Waals surface area (Å²) < 4.78 is 12.7. The number of benzene rings is 2. The minimum Gasteiger partial charge on any atom is -0.496 e. The number of hydrogen-bond donors (Lipinski definition) is 1. The number of halogens is 2. The molecule has 0 fully saturated rings. The van der Waals surface area contributed by atoms with E-state index in [0.717, 1.165) is 16.8 Å². The van der Waals surface area contributed by atoms with Crippen LogP contribution in [0.25, 0.3) is 0 Å². The normalized spacial score (nSPS) is 11.1. The van der Waals surface area contributed by atoms with E-state index in [1.807, 2.05) is 25.1 Å². The van der Waals surface area contributed by atoms with E-state index in [4.69, 9.17) is 38.4 Å². The van der Waals surface area contributed by atoms with Gasteiger partial charge < -0.3 is 15.2 Å². The molecule has 3 rings (SSSR count). The lowest BCUT2D eigenvalue weighted by atomic mass is 10.1. The van der Waals surface area contributed by atoms with Gasteiger partial charge in [0.2, 0.25) is 5.95 Å². The summed E-state index contributed by atoms with van der Waals surface area (Å²) in [5.41, 5.74) is 8.31. The van der Waals surface area contributed by atoms with Crippen molar-refractivity contribution in [3.8, 4) is 11.5 Å². The van der Waals surface area contributed by atoms with Crippen LogP contribution in [0.2, 0.25) is 10.0 Å². The fourth-order valence-electron chi connectivity index (χ4n) is 2.46. The lowest BCUT2D eigenvalue weighted by Gasteiger charge is -2.12. The molecule has 0 radical (unpaired) electrons. The third kappa shape index (κ3) is 4.72. The van der Waals surface area contributed by atoms with Gasteiger partial charge in [-0.25, -0.2) is 9.66 Å². The van der Waals surface area contributed by atoms with E-state index in [1.54, 1.807) is 37.7 Å². The number of hydrogen-bond acceptors (Lipinski definition) is 5. The maximum Gasteiger partial charge on any atom is 0.221 e. The summed E-state index contributed by atoms with van der Waals surface area (Å²) in [5.74, 6) is 1.58. The summed E-state index contributed by atoms with van der Waals surface area (Å²) in [6.45, 7) is 2.13. The van der Waals surface area contributed by atoms with Crippen molar-refractivity contribution >= 4 is 35.4 Å². The summed E-state index contributed by atoms with van der Waals surface area (Å²) in [7, 11) is 1.61. The third-order valence-corrected chi connectivity index (χ3v) is 4.28. The molecular formula is C19H18Cl2N4O2. The summed E-state index contributed by atoms with van der Waals surface area (Å²) in [5, 5.41) is 5.32. The first-order valence-corrected chi connectivity index (χ1v) is 8.82. The van der Waals surface area contributed by atoms with E-state index in [0.29, 0.717) is 27.5 Å². The first-order chi connectivity index (χ1) is 13.0. The summed E-state index contributed by atoms with van der Waals surface area (Å²) >= 11 is 12.1. The zero-order valence-corrected chi connectivity index (χ0v) is 16.3. The molecule has 0 amide bonds. The van der Waals surface area contributed by atoms with E-state index in [2.05, 4.69) is 10.1 Å². The fraction of sp³-hybridized carbons (Fsp3) is 0.158. The highest BCUT2D eigenvalue weighted by Crippen LogP contribution is 2.29. The first-order valence-electron chi connectivity index (χ1n) is 8.07. The van der Waals surface area contributed by atoms with Gasteiger partial charge in [-0.3, -0.25) is 0 Å². The van der Waals surface area contributed by atoms with Crippen molar-refractivity contribution in [2.24, 2.45) is 5.10 Å². The monoisotopic (exact) mass is 404 g/mol. The molecule has 1 aromatic heterocycles. The molecule has 0 spiro atoms. The maximum absolute atomic E-state index is 6.15. The number of aromatic nitrogens is 2. The molecule has 27 heavy (non-hydrogen) atoms. The zero-order valence-electron chi connectivity index (χ0n) is 14.8. The Morgan fingerprint density at radius 3 is 2.63 bits per heavy atom. The molecule has 140 valence electrons. The minimum atomic E-state index is 0.276. The molecule has 3 aromatic rings. The van der Waals surface area contributed by atoms with Crippen molar-refractivity contribution in [3.63, 3.8) is 0 Å². The van der Waals surface area contributed by atoms with Gasteiger partial charge in [-0.05, 0) is 48.9 Å². The predicted octanol–water partition coefficient (Wildman–Crippen LogP) is 4.55. The van der Waals surface area contributed by atoms with Gasteiger partial charge in [0.25, 0.3) is 0 Å². The number of rotatable bonds is 6. The second-order valence-corrected chi connectivity index (χ2v) is 6.61. The Labute approximate surface area is 167 Å². The Balaban J connectivity index is 1.79. The highest BCUT2D eigenvalue weighted by molar-refractivity contribution is 6.35. The molecule has 2 N–H and O–H groups in total. The van der Waals surface area contributed by atoms with E-state index in [1.165, 1.54) is 4.68 Å². The Morgan fingerprint density at radius 1 is 1.19 bits per heavy atom. The molecule has 2 aromatic carbocycles. The second-order valence-electron chi connectivity index (χ2n) is 5.76. The van der Waals surface area contributed by atoms with Crippen molar-refractivity contribution in [3.05, 3.63) is 69.5 Å². The maximum atomic E-state index is 6.15. The number of methoxy groups -OCH3 is 1. The number of imidazole rings is 1. The number of nitrogens with zero attached hydrogens (tertiary/aromatic N) is 3. The van der Waals surface area contributed by atoms with Crippen LogP contribution in [-0.2, 0) is 6.61 Å². The molecule has 0 unspecified atom stereocenters. The number of anilines is 1. The van der Waals surface area contributed by atoms with E-state index in [-0.39, 0.29) is 6.61 Å². The van der Waals surface area contributed by atoms with Crippen LogP contribution in [0.1, 0.15) is 16.8 Å². The molecule has 0 bridgehead atoms. The molecule has 0 saturated heterocycles. The third-order valence-electron chi connectivity index (χ3n) is 3.75. The average molecular weight is 405 g/mol. The molecule has 8 heteroatoms. The topological polar surface area (TPSA) is 74.7 Å². The van der Waals surface area contributed by atoms with E-state index < -0.39 is 0 Å². The van der Waals surface area contributed by atoms with Crippen molar-refractivity contribution < 1.29 is 9.47 Å². The Morgan fingerprint density at radius 2 is 1.96 bits per heavy atom. The van der Waals surface area contributed by atoms with Crippen LogP contribution >= 0.6 is 23.2 Å². The average Bonchev–Trinajstić information content (AvgIpc) is 2.96. The lowest BCUT2D eigenvalue weighted by Crippen LogP contribution is -2.01. The SMILES string of the molecule is COc1ccc(C=Nn2cc(C)nc2N)cc1COc1ccc(Cl)cc1Cl. The Kier molecular flexibility index (Phi) is 5.88. The van der Waals surface area contributed by atoms with Crippen LogP contribution in [0.15, 0.2) is 47.7 Å². The fourth-order valence-corrected chi connectivity index (χ4v) is 2.93. The van der Waals surface area contributed by atoms with Gasteiger partial charge in [0.15, 0.2) is 0 Å². The minimum absolute atomic E-state index is 0.276. The van der Waals surface area contributed by atoms with Crippen LogP contribution < -0.4 is 15.2 Å². The largest absolute Gasteiger partial charge is 0.496 e. The van der Waals surface area contributed by atoms with Crippen LogP contribution in [0.5, 0.6) is 11.5 Å². The van der Waals surface area contributed by atoms with Gasteiger partial charge in [-0.1, -0.05) is 23.2 Å². The second kappa shape index (κ2) is 8.33. The molecule has 0 atom stereocenters. The lowest BCUT2D eigenvalue weighted by molar-refractivity contribution is 0.297. The summed E-state index contributed by atoms with van der Waals surface area (Å²) in [6, 6.07) is 10.8. The van der Waals surface area contributed by atoms with Gasteiger partial charge in [0, 0.05) is 10.6 Å². The van der Waals surface area contributed by atoms with Gasteiger partial charge in [0.05, 0.1) is 30.2 Å². The first kappa shape index (κ1) is 19.1. The number of nitrogen functional groups attached to an aromatic ring is 1. The Bertz CT molecular complexity index is 986. The van der Waals surface area contributed by atoms with Gasteiger partial charge in [-0.2, -0.15) is 5.10 Å². The standard InChI is InChI=1S/C19H18Cl2N4O2/c1-12-10-25(19(22)24-12)23-9-13-3-5-17(26-2)14(7-13)11-27-18-6-4-15(20)8-16(18)21/h3-10H,11H2,1-2H3,(H2,22,24). The zero-order chi connectivity index (χ0) is 19.4. The van der Waals surface area contributed by atoms with Crippen LogP contribution in [-0.4, -0.2) is 23.0 Å². The molecule has 0 aliphatic heterocycles. The summed E-state index contributed by atoms with van der Waals surface area (Å²) in [4.78, 5) is 4.11. The van der Waals surface area contributed by atoms with Gasteiger partial charge >= 0.3 is 0 Å². The molecule has 0 saturated carbocycles. The number of aryl methyl sites for hydroxylation is 1. The number of nitrogens with two attached hydrogens (primary N) is 1. The van der Waals surface area contributed by atoms with Crippen molar-refractivity contribution in [2.75, 3.05) is 12.8 Å². The Hall–Kier alpha value is -2.70. The molecular weight excluding hydrogens is 387 g/mol. The highest BCUT2D eigenvalue weighted by Gasteiger charge is 2.08.